The molecule has 5 nitrogen and oxygen atoms in total. The Bertz CT molecular complexity index is 707. The van der Waals surface area contributed by atoms with E-state index in [4.69, 9.17) is 10.2 Å². The van der Waals surface area contributed by atoms with Crippen LogP contribution < -0.4 is 11.1 Å². The molecular formula is C16H19N3O2. The molecule has 21 heavy (non-hydrogen) atoms. The number of carbonyl (C=O) groups excluding carboxylic acids is 1. The molecule has 1 amide bonds. The van der Waals surface area contributed by atoms with Crippen LogP contribution in [0.1, 0.15) is 25.2 Å². The van der Waals surface area contributed by atoms with E-state index in [0.29, 0.717) is 17.7 Å². The molecule has 5 heteroatoms. The zero-order valence-corrected chi connectivity index (χ0v) is 12.0. The molecule has 1 aromatic carbocycles. The smallest absolute Gasteiger partial charge is 0.229 e. The summed E-state index contributed by atoms with van der Waals surface area (Å²) in [6.07, 6.45) is 3.43. The molecule has 0 radical (unpaired) electrons. The van der Waals surface area contributed by atoms with Gasteiger partial charge in [0.15, 0.2) is 11.5 Å². The van der Waals surface area contributed by atoms with Crippen LogP contribution in [-0.4, -0.2) is 16.9 Å². The minimum atomic E-state index is -0.0431. The van der Waals surface area contributed by atoms with Crippen molar-refractivity contribution in [1.82, 2.24) is 4.98 Å². The first kappa shape index (κ1) is 12.8. The quantitative estimate of drug-likeness (QED) is 0.888. The molecule has 0 spiro atoms. The average Bonchev–Trinajstić information content (AvgIpc) is 3.10. The fourth-order valence-corrected chi connectivity index (χ4v) is 4.07. The lowest BCUT2D eigenvalue weighted by Gasteiger charge is -2.26. The summed E-state index contributed by atoms with van der Waals surface area (Å²) >= 11 is 0. The maximum Gasteiger partial charge on any atom is 0.229 e. The standard InChI is InChI=1S/C16H19N3O2/c1-8-18-12-7-11(4-5-13(12)21-8)19-16(20)14-9-2-3-10(6-9)15(14)17/h4-5,7,9-10,14-15H,2-3,6,17H2,1H3,(H,19,20). The molecule has 1 aromatic heterocycles. The number of anilines is 1. The summed E-state index contributed by atoms with van der Waals surface area (Å²) in [6, 6.07) is 5.55. The average molecular weight is 285 g/mol. The van der Waals surface area contributed by atoms with Gasteiger partial charge >= 0.3 is 0 Å². The molecule has 2 aliphatic rings. The van der Waals surface area contributed by atoms with Crippen molar-refractivity contribution >= 4 is 22.7 Å². The van der Waals surface area contributed by atoms with E-state index in [1.807, 2.05) is 25.1 Å². The number of hydrogen-bond acceptors (Lipinski definition) is 4. The van der Waals surface area contributed by atoms with Crippen molar-refractivity contribution < 1.29 is 9.21 Å². The van der Waals surface area contributed by atoms with Gasteiger partial charge in [-0.3, -0.25) is 4.79 Å². The van der Waals surface area contributed by atoms with E-state index in [1.54, 1.807) is 0 Å². The molecule has 0 aliphatic heterocycles. The molecule has 2 aliphatic carbocycles. The van der Waals surface area contributed by atoms with Gasteiger partial charge < -0.3 is 15.5 Å². The van der Waals surface area contributed by atoms with Crippen LogP contribution in [0.15, 0.2) is 22.6 Å². The van der Waals surface area contributed by atoms with Crippen molar-refractivity contribution in [1.29, 1.82) is 0 Å². The first-order chi connectivity index (χ1) is 10.1. The summed E-state index contributed by atoms with van der Waals surface area (Å²) in [7, 11) is 0. The van der Waals surface area contributed by atoms with Crippen LogP contribution in [0.25, 0.3) is 11.1 Å². The topological polar surface area (TPSA) is 81.2 Å². The second-order valence-electron chi connectivity index (χ2n) is 6.34. The molecule has 110 valence electrons. The van der Waals surface area contributed by atoms with Crippen molar-refractivity contribution in [2.24, 2.45) is 23.5 Å². The highest BCUT2D eigenvalue weighted by atomic mass is 16.3. The molecule has 3 N–H and O–H groups in total. The summed E-state index contributed by atoms with van der Waals surface area (Å²) in [5.41, 5.74) is 8.49. The molecule has 4 atom stereocenters. The fraction of sp³-hybridized carbons (Fsp3) is 0.500. The number of nitrogens with one attached hydrogen (secondary N) is 1. The van der Waals surface area contributed by atoms with Crippen LogP contribution in [0.2, 0.25) is 0 Å². The van der Waals surface area contributed by atoms with E-state index in [0.717, 1.165) is 29.6 Å². The fourth-order valence-electron chi connectivity index (χ4n) is 4.07. The van der Waals surface area contributed by atoms with Gasteiger partial charge in [-0.25, -0.2) is 4.98 Å². The van der Waals surface area contributed by atoms with Crippen LogP contribution in [-0.2, 0) is 4.79 Å². The maximum atomic E-state index is 12.5. The van der Waals surface area contributed by atoms with E-state index in [9.17, 15) is 4.79 Å². The Labute approximate surface area is 122 Å². The van der Waals surface area contributed by atoms with Gasteiger partial charge in [-0.15, -0.1) is 0 Å². The number of nitrogens with zero attached hydrogens (tertiary/aromatic N) is 1. The summed E-state index contributed by atoms with van der Waals surface area (Å²) in [4.78, 5) is 16.8. The zero-order valence-electron chi connectivity index (χ0n) is 12.0. The minimum absolute atomic E-state index is 0.0155. The maximum absolute atomic E-state index is 12.5. The van der Waals surface area contributed by atoms with Crippen LogP contribution >= 0.6 is 0 Å². The van der Waals surface area contributed by atoms with Gasteiger partial charge in [0.05, 0.1) is 5.92 Å². The Morgan fingerprint density at radius 2 is 2.19 bits per heavy atom. The Morgan fingerprint density at radius 3 is 2.95 bits per heavy atom. The van der Waals surface area contributed by atoms with Crippen molar-refractivity contribution in [3.8, 4) is 0 Å². The summed E-state index contributed by atoms with van der Waals surface area (Å²) in [5.74, 6) is 1.63. The lowest BCUT2D eigenvalue weighted by molar-refractivity contribution is -0.121. The molecule has 4 unspecified atom stereocenters. The molecule has 2 fully saturated rings. The third-order valence-corrected chi connectivity index (χ3v) is 5.05. The number of nitrogens with two attached hydrogens (primary N) is 1. The first-order valence-corrected chi connectivity index (χ1v) is 7.55. The Balaban J connectivity index is 1.55. The highest BCUT2D eigenvalue weighted by molar-refractivity contribution is 5.95. The predicted molar refractivity (Wildman–Crippen MR) is 79.7 cm³/mol. The third kappa shape index (κ3) is 2.03. The SMILES string of the molecule is Cc1nc2cc(NC(=O)C3C4CCC(C4)C3N)ccc2o1. The van der Waals surface area contributed by atoms with E-state index >= 15 is 0 Å². The lowest BCUT2D eigenvalue weighted by atomic mass is 9.84. The number of hydrogen-bond donors (Lipinski definition) is 2. The highest BCUT2D eigenvalue weighted by Crippen LogP contribution is 2.47. The van der Waals surface area contributed by atoms with Gasteiger partial charge in [-0.2, -0.15) is 0 Å². The van der Waals surface area contributed by atoms with Crippen molar-refractivity contribution in [2.45, 2.75) is 32.2 Å². The largest absolute Gasteiger partial charge is 0.441 e. The lowest BCUT2D eigenvalue weighted by Crippen LogP contribution is -2.42. The number of rotatable bonds is 2. The monoisotopic (exact) mass is 285 g/mol. The van der Waals surface area contributed by atoms with E-state index < -0.39 is 0 Å². The molecule has 0 saturated heterocycles. The van der Waals surface area contributed by atoms with Gasteiger partial charge in [-0.1, -0.05) is 0 Å². The molecule has 4 rings (SSSR count). The number of benzene rings is 1. The second kappa shape index (κ2) is 4.56. The van der Waals surface area contributed by atoms with Crippen molar-refractivity contribution in [2.75, 3.05) is 5.32 Å². The van der Waals surface area contributed by atoms with Crippen LogP contribution in [0.5, 0.6) is 0 Å². The van der Waals surface area contributed by atoms with Crippen molar-refractivity contribution in [3.63, 3.8) is 0 Å². The summed E-state index contributed by atoms with van der Waals surface area (Å²) < 4.78 is 5.44. The Kier molecular flexibility index (Phi) is 2.79. The van der Waals surface area contributed by atoms with Crippen LogP contribution in [0.4, 0.5) is 5.69 Å². The Hall–Kier alpha value is -1.88. The number of aryl methyl sites for hydroxylation is 1. The molecule has 2 aromatic rings. The normalized spacial score (nSPS) is 31.0. The Morgan fingerprint density at radius 1 is 1.38 bits per heavy atom. The number of carbonyl (C=O) groups is 1. The van der Waals surface area contributed by atoms with Gasteiger partial charge in [0, 0.05) is 18.7 Å². The van der Waals surface area contributed by atoms with E-state index in [2.05, 4.69) is 10.3 Å². The zero-order chi connectivity index (χ0) is 14.6. The third-order valence-electron chi connectivity index (χ3n) is 5.05. The summed E-state index contributed by atoms with van der Waals surface area (Å²) in [5, 5.41) is 3.00. The molecule has 2 saturated carbocycles. The van der Waals surface area contributed by atoms with Gasteiger partial charge in [0.2, 0.25) is 5.91 Å². The van der Waals surface area contributed by atoms with Gasteiger partial charge in [0.25, 0.3) is 0 Å². The predicted octanol–water partition coefficient (Wildman–Crippen LogP) is 2.45. The van der Waals surface area contributed by atoms with Gasteiger partial charge in [0.1, 0.15) is 5.52 Å². The van der Waals surface area contributed by atoms with E-state index in [1.165, 1.54) is 6.42 Å². The first-order valence-electron chi connectivity index (χ1n) is 7.55. The number of fused-ring (bicyclic) bond motifs is 3. The number of amides is 1. The van der Waals surface area contributed by atoms with Crippen molar-refractivity contribution in [3.05, 3.63) is 24.1 Å². The molecule has 1 heterocycles. The molecular weight excluding hydrogens is 266 g/mol. The van der Waals surface area contributed by atoms with Crippen LogP contribution in [0.3, 0.4) is 0 Å². The number of aromatic nitrogens is 1. The highest BCUT2D eigenvalue weighted by Gasteiger charge is 2.49. The van der Waals surface area contributed by atoms with Crippen LogP contribution in [0, 0.1) is 24.7 Å². The molecule has 2 bridgehead atoms. The van der Waals surface area contributed by atoms with E-state index in [-0.39, 0.29) is 17.9 Å². The van der Waals surface area contributed by atoms with Gasteiger partial charge in [-0.05, 0) is 49.3 Å². The second-order valence-corrected chi connectivity index (χ2v) is 6.34. The number of oxazole rings is 1. The minimum Gasteiger partial charge on any atom is -0.441 e. The summed E-state index contributed by atoms with van der Waals surface area (Å²) in [6.45, 7) is 1.81.